The molecule has 1 aromatic rings. The minimum atomic E-state index is -0.446. The van der Waals surface area contributed by atoms with Crippen molar-refractivity contribution in [1.29, 1.82) is 0 Å². The summed E-state index contributed by atoms with van der Waals surface area (Å²) in [5.41, 5.74) is 0.387. The zero-order valence-electron chi connectivity index (χ0n) is 11.5. The highest BCUT2D eigenvalue weighted by atomic mass is 35.5. The number of amides is 1. The third-order valence-corrected chi connectivity index (χ3v) is 3.13. The standard InChI is InChI=1S/C14H20ClFN2O2/c1-2-3-6-18(7-8-19)10-14(20)17-13-5-4-11(16)9-12(13)15/h4-5,9,19H,2-3,6-8,10H2,1H3,(H,17,20). The van der Waals surface area contributed by atoms with E-state index in [2.05, 4.69) is 12.2 Å². The molecule has 0 aromatic heterocycles. The molecule has 2 N–H and O–H groups in total. The van der Waals surface area contributed by atoms with Gasteiger partial charge in [-0.25, -0.2) is 4.39 Å². The zero-order valence-corrected chi connectivity index (χ0v) is 12.3. The van der Waals surface area contributed by atoms with Crippen LogP contribution in [0.3, 0.4) is 0 Å². The largest absolute Gasteiger partial charge is 0.395 e. The van der Waals surface area contributed by atoms with E-state index in [0.29, 0.717) is 12.2 Å². The van der Waals surface area contributed by atoms with E-state index < -0.39 is 5.82 Å². The summed E-state index contributed by atoms with van der Waals surface area (Å²) < 4.78 is 12.9. The van der Waals surface area contributed by atoms with Crippen molar-refractivity contribution in [2.24, 2.45) is 0 Å². The molecule has 0 saturated carbocycles. The normalized spacial score (nSPS) is 10.8. The molecule has 0 atom stereocenters. The van der Waals surface area contributed by atoms with Crippen molar-refractivity contribution in [3.8, 4) is 0 Å². The topological polar surface area (TPSA) is 52.6 Å². The van der Waals surface area contributed by atoms with E-state index in [1.807, 2.05) is 4.90 Å². The molecule has 0 radical (unpaired) electrons. The van der Waals surface area contributed by atoms with Gasteiger partial charge in [-0.3, -0.25) is 9.69 Å². The molecule has 112 valence electrons. The predicted molar refractivity (Wildman–Crippen MR) is 78.5 cm³/mol. The van der Waals surface area contributed by atoms with Crippen LogP contribution in [-0.2, 0) is 4.79 Å². The third kappa shape index (κ3) is 5.86. The second kappa shape index (κ2) is 8.89. The Morgan fingerprint density at radius 1 is 1.45 bits per heavy atom. The summed E-state index contributed by atoms with van der Waals surface area (Å²) in [6.45, 7) is 3.45. The lowest BCUT2D eigenvalue weighted by molar-refractivity contribution is -0.117. The van der Waals surface area contributed by atoms with E-state index in [9.17, 15) is 9.18 Å². The van der Waals surface area contributed by atoms with E-state index in [4.69, 9.17) is 16.7 Å². The van der Waals surface area contributed by atoms with E-state index in [-0.39, 0.29) is 24.1 Å². The van der Waals surface area contributed by atoms with Gasteiger partial charge in [-0.05, 0) is 31.2 Å². The highest BCUT2D eigenvalue weighted by Gasteiger charge is 2.11. The van der Waals surface area contributed by atoms with E-state index in [1.165, 1.54) is 12.1 Å². The number of nitrogens with one attached hydrogen (secondary N) is 1. The van der Waals surface area contributed by atoms with Crippen LogP contribution in [0.15, 0.2) is 18.2 Å². The summed E-state index contributed by atoms with van der Waals surface area (Å²) in [7, 11) is 0. The number of aliphatic hydroxyl groups excluding tert-OH is 1. The van der Waals surface area contributed by atoms with Gasteiger partial charge in [0.05, 0.1) is 23.9 Å². The molecule has 0 aliphatic carbocycles. The van der Waals surface area contributed by atoms with Crippen LogP contribution >= 0.6 is 11.6 Å². The fraction of sp³-hybridized carbons (Fsp3) is 0.500. The molecule has 20 heavy (non-hydrogen) atoms. The zero-order chi connectivity index (χ0) is 15.0. The SMILES string of the molecule is CCCCN(CCO)CC(=O)Nc1ccc(F)cc1Cl. The average Bonchev–Trinajstić information content (AvgIpc) is 2.39. The number of rotatable bonds is 8. The molecule has 0 fully saturated rings. The summed E-state index contributed by atoms with van der Waals surface area (Å²) in [6.07, 6.45) is 1.98. The highest BCUT2D eigenvalue weighted by molar-refractivity contribution is 6.33. The highest BCUT2D eigenvalue weighted by Crippen LogP contribution is 2.22. The summed E-state index contributed by atoms with van der Waals surface area (Å²) >= 11 is 5.85. The van der Waals surface area contributed by atoms with Crippen LogP contribution in [0.5, 0.6) is 0 Å². The van der Waals surface area contributed by atoms with Crippen molar-refractivity contribution >= 4 is 23.2 Å². The first kappa shape index (κ1) is 16.9. The van der Waals surface area contributed by atoms with Gasteiger partial charge in [-0.15, -0.1) is 0 Å². The van der Waals surface area contributed by atoms with Crippen molar-refractivity contribution in [1.82, 2.24) is 4.90 Å². The fourth-order valence-electron chi connectivity index (χ4n) is 1.78. The molecule has 1 rings (SSSR count). The van der Waals surface area contributed by atoms with Crippen LogP contribution in [-0.4, -0.2) is 42.2 Å². The lowest BCUT2D eigenvalue weighted by Gasteiger charge is -2.20. The smallest absolute Gasteiger partial charge is 0.238 e. The van der Waals surface area contributed by atoms with Crippen molar-refractivity contribution in [2.75, 3.05) is 31.6 Å². The molecule has 1 amide bonds. The fourth-order valence-corrected chi connectivity index (χ4v) is 1.99. The van der Waals surface area contributed by atoms with Gasteiger partial charge < -0.3 is 10.4 Å². The Hall–Kier alpha value is -1.17. The Kier molecular flexibility index (Phi) is 7.51. The molecule has 0 aliphatic heterocycles. The maximum Gasteiger partial charge on any atom is 0.238 e. The number of carbonyl (C=O) groups is 1. The molecule has 4 nitrogen and oxygen atoms in total. The summed E-state index contributed by atoms with van der Waals surface area (Å²) in [5, 5.41) is 11.8. The molecular weight excluding hydrogens is 283 g/mol. The maximum atomic E-state index is 12.9. The van der Waals surface area contributed by atoms with E-state index in [1.54, 1.807) is 0 Å². The summed E-state index contributed by atoms with van der Waals surface area (Å²) in [4.78, 5) is 13.8. The number of unbranched alkanes of at least 4 members (excludes halogenated alkanes) is 1. The summed E-state index contributed by atoms with van der Waals surface area (Å²) in [5.74, 6) is -0.680. The number of carbonyl (C=O) groups excluding carboxylic acids is 1. The van der Waals surface area contributed by atoms with Gasteiger partial charge in [0, 0.05) is 6.54 Å². The second-order valence-corrected chi connectivity index (χ2v) is 4.93. The molecule has 1 aromatic carbocycles. The molecule has 0 unspecified atom stereocenters. The van der Waals surface area contributed by atoms with Gasteiger partial charge >= 0.3 is 0 Å². The lowest BCUT2D eigenvalue weighted by Crippen LogP contribution is -2.36. The minimum Gasteiger partial charge on any atom is -0.395 e. The number of aliphatic hydroxyl groups is 1. The van der Waals surface area contributed by atoms with Crippen LogP contribution in [0, 0.1) is 5.82 Å². The van der Waals surface area contributed by atoms with Crippen molar-refractivity contribution in [3.63, 3.8) is 0 Å². The van der Waals surface area contributed by atoms with Crippen LogP contribution in [0.2, 0.25) is 5.02 Å². The van der Waals surface area contributed by atoms with Gasteiger partial charge in [0.1, 0.15) is 5.82 Å². The van der Waals surface area contributed by atoms with Gasteiger partial charge in [-0.2, -0.15) is 0 Å². The quantitative estimate of drug-likeness (QED) is 0.776. The Morgan fingerprint density at radius 3 is 2.80 bits per heavy atom. The first-order valence-corrected chi connectivity index (χ1v) is 7.02. The molecule has 0 bridgehead atoms. The molecule has 0 saturated heterocycles. The lowest BCUT2D eigenvalue weighted by atomic mass is 10.3. The van der Waals surface area contributed by atoms with Gasteiger partial charge in [-0.1, -0.05) is 24.9 Å². The van der Waals surface area contributed by atoms with Crippen LogP contribution in [0.25, 0.3) is 0 Å². The number of nitrogens with zero attached hydrogens (tertiary/aromatic N) is 1. The Morgan fingerprint density at radius 2 is 2.20 bits per heavy atom. The number of benzene rings is 1. The molecule has 0 heterocycles. The first-order valence-electron chi connectivity index (χ1n) is 6.65. The van der Waals surface area contributed by atoms with Gasteiger partial charge in [0.25, 0.3) is 0 Å². The maximum absolute atomic E-state index is 12.9. The van der Waals surface area contributed by atoms with Crippen LogP contribution < -0.4 is 5.32 Å². The number of anilines is 1. The predicted octanol–water partition coefficient (Wildman–Crippen LogP) is 2.51. The number of hydrogen-bond acceptors (Lipinski definition) is 3. The Bertz CT molecular complexity index is 443. The van der Waals surface area contributed by atoms with E-state index >= 15 is 0 Å². The summed E-state index contributed by atoms with van der Waals surface area (Å²) in [6, 6.07) is 3.82. The van der Waals surface area contributed by atoms with Crippen LogP contribution in [0.1, 0.15) is 19.8 Å². The van der Waals surface area contributed by atoms with Gasteiger partial charge in [0.2, 0.25) is 5.91 Å². The van der Waals surface area contributed by atoms with Gasteiger partial charge in [0.15, 0.2) is 0 Å². The van der Waals surface area contributed by atoms with Crippen molar-refractivity contribution < 1.29 is 14.3 Å². The Labute approximate surface area is 123 Å². The second-order valence-electron chi connectivity index (χ2n) is 4.53. The Balaban J connectivity index is 2.55. The van der Waals surface area contributed by atoms with Crippen molar-refractivity contribution in [2.45, 2.75) is 19.8 Å². The van der Waals surface area contributed by atoms with Crippen LogP contribution in [0.4, 0.5) is 10.1 Å². The molecule has 0 spiro atoms. The molecule has 0 aliphatic rings. The first-order chi connectivity index (χ1) is 9.56. The number of halogens is 2. The average molecular weight is 303 g/mol. The monoisotopic (exact) mass is 302 g/mol. The van der Waals surface area contributed by atoms with E-state index in [0.717, 1.165) is 25.5 Å². The number of hydrogen-bond donors (Lipinski definition) is 2. The molecule has 6 heteroatoms. The minimum absolute atomic E-state index is 0.00823. The van der Waals surface area contributed by atoms with Crippen molar-refractivity contribution in [3.05, 3.63) is 29.0 Å². The molecular formula is C14H20ClFN2O2. The third-order valence-electron chi connectivity index (χ3n) is 2.82.